The van der Waals surface area contributed by atoms with Gasteiger partial charge in [0.2, 0.25) is 0 Å². The summed E-state index contributed by atoms with van der Waals surface area (Å²) in [4.78, 5) is 39.5. The number of esters is 1. The molecule has 34 heavy (non-hydrogen) atoms. The van der Waals surface area contributed by atoms with Crippen molar-refractivity contribution in [3.05, 3.63) is 67.5 Å². The van der Waals surface area contributed by atoms with Gasteiger partial charge in [-0.3, -0.25) is 9.59 Å². The number of carbonyl (C=O) groups is 1. The molecule has 9 heteroatoms. The molecular weight excluding hydrogens is 443 g/mol. The van der Waals surface area contributed by atoms with Gasteiger partial charge in [0, 0.05) is 10.9 Å². The van der Waals surface area contributed by atoms with Crippen molar-refractivity contribution in [2.24, 2.45) is 0 Å². The fraction of sp³-hybridized carbons (Fsp3) is 0.400. The maximum absolute atomic E-state index is 14.2. The Labute approximate surface area is 192 Å². The fourth-order valence-corrected chi connectivity index (χ4v) is 5.87. The number of aliphatic hydroxyl groups is 2. The Bertz CT molecular complexity index is 1520. The molecule has 0 saturated heterocycles. The van der Waals surface area contributed by atoms with E-state index < -0.39 is 34.5 Å². The third-order valence-electron chi connectivity index (χ3n) is 7.65. The normalized spacial score (nSPS) is 25.2. The van der Waals surface area contributed by atoms with Crippen molar-refractivity contribution in [1.29, 1.82) is 0 Å². The summed E-state index contributed by atoms with van der Waals surface area (Å²) in [5.74, 6) is -1.40. The van der Waals surface area contributed by atoms with Crippen LogP contribution in [0.15, 0.2) is 33.9 Å². The van der Waals surface area contributed by atoms with Crippen molar-refractivity contribution in [3.8, 4) is 11.3 Å². The van der Waals surface area contributed by atoms with E-state index >= 15 is 0 Å². The van der Waals surface area contributed by atoms with Gasteiger partial charge < -0.3 is 24.1 Å². The molecule has 2 aromatic heterocycles. The molecule has 6 rings (SSSR count). The highest BCUT2D eigenvalue weighted by Crippen LogP contribution is 2.41. The van der Waals surface area contributed by atoms with E-state index in [0.29, 0.717) is 24.1 Å². The summed E-state index contributed by atoms with van der Waals surface area (Å²) < 4.78 is 22.6. The molecule has 1 aliphatic carbocycles. The van der Waals surface area contributed by atoms with Crippen molar-refractivity contribution in [2.75, 3.05) is 0 Å². The molecule has 1 saturated carbocycles. The van der Waals surface area contributed by atoms with Crippen LogP contribution in [0, 0.1) is 5.82 Å². The van der Waals surface area contributed by atoms with Crippen LogP contribution in [0.2, 0.25) is 0 Å². The SMILES string of the molecule is CC[C@@]1(O)C(=O)OCc2c1cc1n(c2=O)Cc2c-1c(=O)c1cc(F)ccc1n2[C@H]1CCC[C@@H]1O. The number of pyridine rings is 2. The van der Waals surface area contributed by atoms with Crippen LogP contribution in [0.5, 0.6) is 0 Å². The van der Waals surface area contributed by atoms with E-state index in [1.54, 1.807) is 6.92 Å². The summed E-state index contributed by atoms with van der Waals surface area (Å²) in [7, 11) is 0. The van der Waals surface area contributed by atoms with E-state index in [9.17, 15) is 29.0 Å². The van der Waals surface area contributed by atoms with Crippen LogP contribution in [0.3, 0.4) is 0 Å². The number of hydrogen-bond acceptors (Lipinski definition) is 6. The lowest BCUT2D eigenvalue weighted by Crippen LogP contribution is -2.44. The second-order valence-corrected chi connectivity index (χ2v) is 9.35. The standard InChI is InChI=1S/C25H23FN2O6/c1-2-25(33)15-9-18-21-19(10-27(18)23(31)14(15)11-34-24(25)32)28(17-4-3-5-20(17)29)16-7-6-12(26)8-13(16)22(21)30/h6-9,17,20,29,33H,2-5,10-11H2,1H3/t17-,20-,25-/m0/s1. The predicted octanol–water partition coefficient (Wildman–Crippen LogP) is 2.07. The number of aromatic nitrogens is 2. The van der Waals surface area contributed by atoms with Gasteiger partial charge in [-0.1, -0.05) is 6.92 Å². The van der Waals surface area contributed by atoms with Gasteiger partial charge in [0.05, 0.1) is 46.7 Å². The third kappa shape index (κ3) is 2.62. The number of fused-ring (bicyclic) bond motifs is 5. The fourth-order valence-electron chi connectivity index (χ4n) is 5.87. The molecule has 3 aromatic rings. The number of halogens is 1. The molecule has 8 nitrogen and oxygen atoms in total. The van der Waals surface area contributed by atoms with Crippen molar-refractivity contribution >= 4 is 16.9 Å². The largest absolute Gasteiger partial charge is 0.458 e. The Morgan fingerprint density at radius 3 is 2.71 bits per heavy atom. The molecule has 176 valence electrons. The molecule has 0 bridgehead atoms. The summed E-state index contributed by atoms with van der Waals surface area (Å²) in [6.45, 7) is 1.44. The minimum absolute atomic E-state index is 0.00395. The van der Waals surface area contributed by atoms with Crippen LogP contribution >= 0.6 is 0 Å². The minimum Gasteiger partial charge on any atom is -0.458 e. The van der Waals surface area contributed by atoms with Gasteiger partial charge in [0.1, 0.15) is 12.4 Å². The van der Waals surface area contributed by atoms with Crippen LogP contribution < -0.4 is 11.0 Å². The van der Waals surface area contributed by atoms with Gasteiger partial charge in [-0.05, 0) is 49.9 Å². The van der Waals surface area contributed by atoms with Crippen LogP contribution in [0.1, 0.15) is 55.5 Å². The molecule has 1 fully saturated rings. The van der Waals surface area contributed by atoms with Gasteiger partial charge in [0.25, 0.3) is 5.56 Å². The molecule has 3 aliphatic rings. The topological polar surface area (TPSA) is 111 Å². The Morgan fingerprint density at radius 1 is 1.21 bits per heavy atom. The van der Waals surface area contributed by atoms with Gasteiger partial charge in [0.15, 0.2) is 11.0 Å². The van der Waals surface area contributed by atoms with Crippen LogP contribution in [-0.2, 0) is 28.3 Å². The molecule has 0 amide bonds. The lowest BCUT2D eigenvalue weighted by atomic mass is 9.85. The Balaban J connectivity index is 1.71. The number of nitrogens with zero attached hydrogens (tertiary/aromatic N) is 2. The van der Waals surface area contributed by atoms with E-state index in [-0.39, 0.29) is 53.4 Å². The average molecular weight is 466 g/mol. The summed E-state index contributed by atoms with van der Waals surface area (Å²) in [5.41, 5.74) is -0.986. The molecule has 0 spiro atoms. The number of rotatable bonds is 2. The first kappa shape index (κ1) is 21.2. The smallest absolute Gasteiger partial charge is 0.343 e. The van der Waals surface area contributed by atoms with Crippen LogP contribution in [0.4, 0.5) is 4.39 Å². The second kappa shape index (κ2) is 7.10. The number of benzene rings is 1. The molecule has 3 atom stereocenters. The summed E-state index contributed by atoms with van der Waals surface area (Å²) in [6, 6.07) is 5.20. The highest BCUT2D eigenvalue weighted by Gasteiger charge is 2.46. The first-order valence-corrected chi connectivity index (χ1v) is 11.5. The van der Waals surface area contributed by atoms with E-state index in [1.165, 1.54) is 28.8 Å². The first-order valence-electron chi connectivity index (χ1n) is 11.5. The number of cyclic esters (lactones) is 1. The van der Waals surface area contributed by atoms with E-state index in [4.69, 9.17) is 4.74 Å². The molecule has 0 radical (unpaired) electrons. The van der Waals surface area contributed by atoms with Gasteiger partial charge in [-0.15, -0.1) is 0 Å². The highest BCUT2D eigenvalue weighted by atomic mass is 19.1. The van der Waals surface area contributed by atoms with Crippen LogP contribution in [-0.4, -0.2) is 31.4 Å². The van der Waals surface area contributed by atoms with E-state index in [1.807, 2.05) is 4.57 Å². The molecule has 0 unspecified atom stereocenters. The quantitative estimate of drug-likeness (QED) is 0.438. The Morgan fingerprint density at radius 2 is 2.00 bits per heavy atom. The highest BCUT2D eigenvalue weighted by molar-refractivity contribution is 5.88. The number of carbonyl (C=O) groups excluding carboxylic acids is 1. The maximum atomic E-state index is 14.2. The Kier molecular flexibility index (Phi) is 4.44. The zero-order chi connectivity index (χ0) is 23.9. The van der Waals surface area contributed by atoms with Crippen molar-refractivity contribution in [3.63, 3.8) is 0 Å². The van der Waals surface area contributed by atoms with Crippen molar-refractivity contribution < 1.29 is 24.1 Å². The van der Waals surface area contributed by atoms with E-state index in [0.717, 1.165) is 6.42 Å². The number of aliphatic hydroxyl groups excluding tert-OH is 1. The lowest BCUT2D eigenvalue weighted by molar-refractivity contribution is -0.172. The van der Waals surface area contributed by atoms with Gasteiger partial charge in [-0.2, -0.15) is 0 Å². The van der Waals surface area contributed by atoms with Crippen molar-refractivity contribution in [1.82, 2.24) is 9.13 Å². The molecule has 2 aliphatic heterocycles. The molecule has 2 N–H and O–H groups in total. The molecule has 4 heterocycles. The molecule has 1 aromatic carbocycles. The van der Waals surface area contributed by atoms with Crippen molar-refractivity contribution in [2.45, 2.75) is 63.5 Å². The lowest BCUT2D eigenvalue weighted by Gasteiger charge is -2.31. The summed E-state index contributed by atoms with van der Waals surface area (Å²) >= 11 is 0. The zero-order valence-corrected chi connectivity index (χ0v) is 18.5. The first-order chi connectivity index (χ1) is 16.3. The predicted molar refractivity (Wildman–Crippen MR) is 120 cm³/mol. The maximum Gasteiger partial charge on any atom is 0.343 e. The zero-order valence-electron chi connectivity index (χ0n) is 18.5. The van der Waals surface area contributed by atoms with E-state index in [2.05, 4.69) is 0 Å². The average Bonchev–Trinajstić information content (AvgIpc) is 3.41. The molecular formula is C25H23FN2O6. The van der Waals surface area contributed by atoms with Gasteiger partial charge >= 0.3 is 5.97 Å². The van der Waals surface area contributed by atoms with Gasteiger partial charge in [-0.25, -0.2) is 9.18 Å². The monoisotopic (exact) mass is 466 g/mol. The van der Waals surface area contributed by atoms with Crippen LogP contribution in [0.25, 0.3) is 22.2 Å². The minimum atomic E-state index is -1.99. The number of hydrogen-bond donors (Lipinski definition) is 2. The summed E-state index contributed by atoms with van der Waals surface area (Å²) in [6.07, 6.45) is 1.46. The third-order valence-corrected chi connectivity index (χ3v) is 7.65. The second-order valence-electron chi connectivity index (χ2n) is 9.35. The number of ether oxygens (including phenoxy) is 1. The Hall–Kier alpha value is -3.30. The summed E-state index contributed by atoms with van der Waals surface area (Å²) in [5, 5.41) is 21.9.